The fraction of sp³-hybridized carbons (Fsp3) is 0.462. The minimum atomic E-state index is -0.114. The van der Waals surface area contributed by atoms with Crippen LogP contribution < -0.4 is 10.5 Å². The molecule has 1 unspecified atom stereocenters. The molecular formula is C13H16ClNO2S. The second-order valence-corrected chi connectivity index (χ2v) is 5.79. The van der Waals surface area contributed by atoms with Crippen LogP contribution >= 0.6 is 23.4 Å². The number of ketones is 1. The molecule has 1 aliphatic rings. The maximum atomic E-state index is 11.4. The predicted octanol–water partition coefficient (Wildman–Crippen LogP) is 2.76. The Morgan fingerprint density at radius 2 is 2.39 bits per heavy atom. The quantitative estimate of drug-likeness (QED) is 0.864. The molecule has 1 atom stereocenters. The van der Waals surface area contributed by atoms with Gasteiger partial charge < -0.3 is 10.5 Å². The number of Topliss-reactive ketones (excluding diaryl/α,β-unsaturated/α-hetero) is 1. The van der Waals surface area contributed by atoms with E-state index in [2.05, 4.69) is 0 Å². The molecule has 1 heterocycles. The van der Waals surface area contributed by atoms with E-state index in [0.717, 1.165) is 12.2 Å². The molecule has 2 rings (SSSR count). The standard InChI is InChI=1S/C13H16ClNO2S/c14-11-6-9(12(16)7-15)3-4-13(11)17-10-2-1-5-18-8-10/h3-4,6,10H,1-2,5,7-8,15H2. The maximum absolute atomic E-state index is 11.4. The van der Waals surface area contributed by atoms with E-state index in [1.807, 2.05) is 11.8 Å². The maximum Gasteiger partial charge on any atom is 0.176 e. The summed E-state index contributed by atoms with van der Waals surface area (Å²) < 4.78 is 5.86. The van der Waals surface area contributed by atoms with Crippen LogP contribution in [-0.2, 0) is 0 Å². The highest BCUT2D eigenvalue weighted by atomic mass is 35.5. The van der Waals surface area contributed by atoms with Gasteiger partial charge in [-0.1, -0.05) is 11.6 Å². The van der Waals surface area contributed by atoms with Crippen molar-refractivity contribution < 1.29 is 9.53 Å². The number of hydrogen-bond donors (Lipinski definition) is 1. The van der Waals surface area contributed by atoms with Gasteiger partial charge in [0.2, 0.25) is 0 Å². The zero-order valence-corrected chi connectivity index (χ0v) is 11.6. The van der Waals surface area contributed by atoms with Crippen molar-refractivity contribution in [3.63, 3.8) is 0 Å². The first-order valence-corrected chi connectivity index (χ1v) is 7.51. The molecule has 1 fully saturated rings. The summed E-state index contributed by atoms with van der Waals surface area (Å²) in [5.41, 5.74) is 5.85. The van der Waals surface area contributed by atoms with E-state index < -0.39 is 0 Å². The average Bonchev–Trinajstić information content (AvgIpc) is 2.41. The monoisotopic (exact) mass is 285 g/mol. The molecule has 0 bridgehead atoms. The van der Waals surface area contributed by atoms with Gasteiger partial charge in [0.05, 0.1) is 11.6 Å². The molecule has 1 aromatic carbocycles. The minimum absolute atomic E-state index is 0.00417. The van der Waals surface area contributed by atoms with E-state index in [0.29, 0.717) is 16.3 Å². The van der Waals surface area contributed by atoms with E-state index in [1.165, 1.54) is 12.2 Å². The lowest BCUT2D eigenvalue weighted by Crippen LogP contribution is -2.23. The number of carbonyl (C=O) groups excluding carboxylic acids is 1. The summed E-state index contributed by atoms with van der Waals surface area (Å²) in [5, 5.41) is 0.477. The summed E-state index contributed by atoms with van der Waals surface area (Å²) in [5.74, 6) is 2.74. The molecule has 3 nitrogen and oxygen atoms in total. The van der Waals surface area contributed by atoms with Gasteiger partial charge in [0, 0.05) is 11.3 Å². The van der Waals surface area contributed by atoms with Gasteiger partial charge in [-0.05, 0) is 36.8 Å². The summed E-state index contributed by atoms with van der Waals surface area (Å²) in [6.45, 7) is -0.00417. The summed E-state index contributed by atoms with van der Waals surface area (Å²) in [6.07, 6.45) is 2.46. The Labute approximate surface area is 116 Å². The third-order valence-corrected chi connectivity index (χ3v) is 4.33. The van der Waals surface area contributed by atoms with Crippen LogP contribution in [0.15, 0.2) is 18.2 Å². The second kappa shape index (κ2) is 6.45. The summed E-state index contributed by atoms with van der Waals surface area (Å²) >= 11 is 8.03. The molecular weight excluding hydrogens is 270 g/mol. The van der Waals surface area contributed by atoms with E-state index in [9.17, 15) is 4.79 Å². The summed E-state index contributed by atoms with van der Waals surface area (Å²) in [4.78, 5) is 11.4. The van der Waals surface area contributed by atoms with Gasteiger partial charge in [0.25, 0.3) is 0 Å². The summed E-state index contributed by atoms with van der Waals surface area (Å²) in [6, 6.07) is 5.10. The highest BCUT2D eigenvalue weighted by Gasteiger charge is 2.17. The number of halogens is 1. The Kier molecular flexibility index (Phi) is 4.92. The zero-order chi connectivity index (χ0) is 13.0. The number of rotatable bonds is 4. The average molecular weight is 286 g/mol. The van der Waals surface area contributed by atoms with Gasteiger partial charge in [-0.25, -0.2) is 0 Å². The Bertz CT molecular complexity index is 433. The van der Waals surface area contributed by atoms with Crippen LogP contribution in [0.1, 0.15) is 23.2 Å². The van der Waals surface area contributed by atoms with E-state index in [1.54, 1.807) is 18.2 Å². The van der Waals surface area contributed by atoms with Crippen molar-refractivity contribution in [3.8, 4) is 5.75 Å². The smallest absolute Gasteiger partial charge is 0.176 e. The Hall–Kier alpha value is -0.710. The molecule has 18 heavy (non-hydrogen) atoms. The number of hydrogen-bond acceptors (Lipinski definition) is 4. The van der Waals surface area contributed by atoms with Crippen LogP contribution in [0.3, 0.4) is 0 Å². The van der Waals surface area contributed by atoms with E-state index in [-0.39, 0.29) is 18.4 Å². The SMILES string of the molecule is NCC(=O)c1ccc(OC2CCCSC2)c(Cl)c1. The van der Waals surface area contributed by atoms with Gasteiger partial charge in [-0.15, -0.1) is 0 Å². The molecule has 2 N–H and O–H groups in total. The molecule has 0 aromatic heterocycles. The number of benzene rings is 1. The molecule has 1 aromatic rings. The number of nitrogens with two attached hydrogens (primary N) is 1. The van der Waals surface area contributed by atoms with Crippen LogP contribution in [0.5, 0.6) is 5.75 Å². The molecule has 0 saturated carbocycles. The fourth-order valence-corrected chi connectivity index (χ4v) is 3.13. The van der Waals surface area contributed by atoms with Gasteiger partial charge in [0.1, 0.15) is 11.9 Å². The third kappa shape index (κ3) is 3.40. The molecule has 0 aliphatic carbocycles. The van der Waals surface area contributed by atoms with Crippen molar-refractivity contribution in [1.82, 2.24) is 0 Å². The van der Waals surface area contributed by atoms with Gasteiger partial charge in [-0.2, -0.15) is 11.8 Å². The fourth-order valence-electron chi connectivity index (χ4n) is 1.87. The lowest BCUT2D eigenvalue weighted by atomic mass is 10.1. The van der Waals surface area contributed by atoms with Crippen LogP contribution in [-0.4, -0.2) is 29.9 Å². The molecule has 5 heteroatoms. The Balaban J connectivity index is 2.07. The number of ether oxygens (including phenoxy) is 1. The first kappa shape index (κ1) is 13.7. The highest BCUT2D eigenvalue weighted by Crippen LogP contribution is 2.29. The van der Waals surface area contributed by atoms with Crippen LogP contribution in [0.25, 0.3) is 0 Å². The summed E-state index contributed by atoms with van der Waals surface area (Å²) in [7, 11) is 0. The van der Waals surface area contributed by atoms with Crippen molar-refractivity contribution in [2.75, 3.05) is 18.1 Å². The molecule has 0 amide bonds. The molecule has 0 radical (unpaired) electrons. The Morgan fingerprint density at radius 1 is 1.56 bits per heavy atom. The van der Waals surface area contributed by atoms with Crippen LogP contribution in [0.2, 0.25) is 5.02 Å². The largest absolute Gasteiger partial charge is 0.488 e. The first-order chi connectivity index (χ1) is 8.70. The highest BCUT2D eigenvalue weighted by molar-refractivity contribution is 7.99. The van der Waals surface area contributed by atoms with Crippen molar-refractivity contribution >= 4 is 29.1 Å². The second-order valence-electron chi connectivity index (χ2n) is 4.23. The van der Waals surface area contributed by atoms with Crippen molar-refractivity contribution in [3.05, 3.63) is 28.8 Å². The first-order valence-electron chi connectivity index (χ1n) is 5.98. The Morgan fingerprint density at radius 3 is 3.00 bits per heavy atom. The number of thioether (sulfide) groups is 1. The molecule has 98 valence electrons. The molecule has 1 aliphatic heterocycles. The van der Waals surface area contributed by atoms with Gasteiger partial charge in [-0.3, -0.25) is 4.79 Å². The van der Waals surface area contributed by atoms with Crippen LogP contribution in [0.4, 0.5) is 0 Å². The van der Waals surface area contributed by atoms with Crippen LogP contribution in [0, 0.1) is 0 Å². The van der Waals surface area contributed by atoms with E-state index >= 15 is 0 Å². The lowest BCUT2D eigenvalue weighted by Gasteiger charge is -2.23. The molecule has 0 spiro atoms. The zero-order valence-electron chi connectivity index (χ0n) is 10.0. The number of carbonyl (C=O) groups is 1. The normalized spacial score (nSPS) is 19.6. The van der Waals surface area contributed by atoms with Crippen molar-refractivity contribution in [1.29, 1.82) is 0 Å². The molecule has 1 saturated heterocycles. The lowest BCUT2D eigenvalue weighted by molar-refractivity contribution is 0.100. The third-order valence-electron chi connectivity index (χ3n) is 2.85. The predicted molar refractivity (Wildman–Crippen MR) is 75.8 cm³/mol. The van der Waals surface area contributed by atoms with E-state index in [4.69, 9.17) is 22.1 Å². The topological polar surface area (TPSA) is 52.3 Å². The van der Waals surface area contributed by atoms with Crippen molar-refractivity contribution in [2.45, 2.75) is 18.9 Å². The minimum Gasteiger partial charge on any atom is -0.488 e. The van der Waals surface area contributed by atoms with Crippen molar-refractivity contribution in [2.24, 2.45) is 5.73 Å². The van der Waals surface area contributed by atoms with Gasteiger partial charge in [0.15, 0.2) is 5.78 Å². The van der Waals surface area contributed by atoms with Gasteiger partial charge >= 0.3 is 0 Å².